The van der Waals surface area contributed by atoms with E-state index >= 15 is 0 Å². The third-order valence-corrected chi connectivity index (χ3v) is 4.13. The summed E-state index contributed by atoms with van der Waals surface area (Å²) < 4.78 is 0. The molecule has 1 aliphatic rings. The fourth-order valence-corrected chi connectivity index (χ4v) is 2.66. The predicted octanol–water partition coefficient (Wildman–Crippen LogP) is 3.65. The van der Waals surface area contributed by atoms with Crippen molar-refractivity contribution in [1.82, 2.24) is 0 Å². The number of carbonyl (C=O) groups is 1. The van der Waals surface area contributed by atoms with Gasteiger partial charge in [-0.2, -0.15) is 0 Å². The summed E-state index contributed by atoms with van der Waals surface area (Å²) >= 11 is 1.47. The number of rotatable bonds is 3. The normalized spacial score (nSPS) is 24.2. The molecule has 0 N–H and O–H groups in total. The molecular weight excluding hydrogens is 192 g/mol. The van der Waals surface area contributed by atoms with E-state index in [1.165, 1.54) is 36.6 Å². The molecule has 0 saturated carbocycles. The van der Waals surface area contributed by atoms with Gasteiger partial charge in [0, 0.05) is 12.7 Å². The average molecular weight is 212 g/mol. The fraction of sp³-hybridized carbons (Fsp3) is 0.750. The molecule has 0 fully saturated rings. The van der Waals surface area contributed by atoms with E-state index in [1.807, 2.05) is 0 Å². The standard InChI is InChI=1S/C12H20OS/c1-9-4-6-12(7-5-9)10(2)8-14-11(3)13/h4,10,12H,5-8H2,1-3H3/t10?,12-/m0/s1. The zero-order chi connectivity index (χ0) is 10.6. The van der Waals surface area contributed by atoms with Crippen LogP contribution >= 0.6 is 11.8 Å². The smallest absolute Gasteiger partial charge is 0.185 e. The summed E-state index contributed by atoms with van der Waals surface area (Å²) in [6, 6.07) is 0. The minimum absolute atomic E-state index is 0.249. The highest BCUT2D eigenvalue weighted by Gasteiger charge is 2.19. The maximum Gasteiger partial charge on any atom is 0.185 e. The first-order valence-corrected chi connectivity index (χ1v) is 6.37. The Balaban J connectivity index is 2.31. The molecule has 1 rings (SSSR count). The van der Waals surface area contributed by atoms with Crippen LogP contribution in [0.5, 0.6) is 0 Å². The molecule has 0 amide bonds. The molecular formula is C12H20OS. The quantitative estimate of drug-likeness (QED) is 0.664. The summed E-state index contributed by atoms with van der Waals surface area (Å²) in [6.45, 7) is 6.14. The van der Waals surface area contributed by atoms with Gasteiger partial charge in [-0.05, 0) is 38.0 Å². The van der Waals surface area contributed by atoms with Gasteiger partial charge in [-0.3, -0.25) is 4.79 Å². The van der Waals surface area contributed by atoms with Gasteiger partial charge in [0.25, 0.3) is 0 Å². The maximum atomic E-state index is 10.8. The van der Waals surface area contributed by atoms with E-state index in [2.05, 4.69) is 19.9 Å². The summed E-state index contributed by atoms with van der Waals surface area (Å²) in [5.41, 5.74) is 1.53. The average Bonchev–Trinajstić information content (AvgIpc) is 2.15. The highest BCUT2D eigenvalue weighted by molar-refractivity contribution is 8.13. The van der Waals surface area contributed by atoms with Gasteiger partial charge in [-0.25, -0.2) is 0 Å². The molecule has 14 heavy (non-hydrogen) atoms. The van der Waals surface area contributed by atoms with E-state index < -0.39 is 0 Å². The third kappa shape index (κ3) is 3.87. The minimum Gasteiger partial charge on any atom is -0.288 e. The molecule has 80 valence electrons. The van der Waals surface area contributed by atoms with Crippen molar-refractivity contribution in [3.05, 3.63) is 11.6 Å². The number of allylic oxidation sites excluding steroid dienone is 2. The Hall–Kier alpha value is -0.240. The van der Waals surface area contributed by atoms with Crippen LogP contribution in [0, 0.1) is 11.8 Å². The summed E-state index contributed by atoms with van der Waals surface area (Å²) in [5, 5.41) is 0.249. The van der Waals surface area contributed by atoms with Crippen LogP contribution in [0.1, 0.15) is 40.0 Å². The first-order chi connectivity index (χ1) is 6.59. The summed E-state index contributed by atoms with van der Waals surface area (Å²) in [5.74, 6) is 2.46. The van der Waals surface area contributed by atoms with E-state index in [0.717, 1.165) is 11.7 Å². The molecule has 0 bridgehead atoms. The van der Waals surface area contributed by atoms with Gasteiger partial charge >= 0.3 is 0 Å². The van der Waals surface area contributed by atoms with Crippen LogP contribution in [0.15, 0.2) is 11.6 Å². The highest BCUT2D eigenvalue weighted by atomic mass is 32.2. The van der Waals surface area contributed by atoms with Gasteiger partial charge in [-0.15, -0.1) is 0 Å². The second-order valence-corrected chi connectivity index (χ2v) is 5.56. The zero-order valence-electron chi connectivity index (χ0n) is 9.38. The Morgan fingerprint density at radius 1 is 1.71 bits per heavy atom. The van der Waals surface area contributed by atoms with Gasteiger partial charge in [0.05, 0.1) is 0 Å². The van der Waals surface area contributed by atoms with E-state index in [-0.39, 0.29) is 5.12 Å². The zero-order valence-corrected chi connectivity index (χ0v) is 10.2. The molecule has 2 heteroatoms. The maximum absolute atomic E-state index is 10.8. The predicted molar refractivity (Wildman–Crippen MR) is 63.4 cm³/mol. The second kappa shape index (κ2) is 5.59. The van der Waals surface area contributed by atoms with Gasteiger partial charge in [0.15, 0.2) is 5.12 Å². The van der Waals surface area contributed by atoms with Crippen LogP contribution in [-0.4, -0.2) is 10.9 Å². The van der Waals surface area contributed by atoms with E-state index in [0.29, 0.717) is 5.92 Å². The van der Waals surface area contributed by atoms with Crippen molar-refractivity contribution in [1.29, 1.82) is 0 Å². The van der Waals surface area contributed by atoms with Crippen molar-refractivity contribution in [3.63, 3.8) is 0 Å². The SMILES string of the molecule is CC(=O)SCC(C)[C@H]1CC=C(C)CC1. The topological polar surface area (TPSA) is 17.1 Å². The van der Waals surface area contributed by atoms with Crippen molar-refractivity contribution in [2.24, 2.45) is 11.8 Å². The molecule has 0 heterocycles. The van der Waals surface area contributed by atoms with E-state index in [4.69, 9.17) is 0 Å². The summed E-state index contributed by atoms with van der Waals surface area (Å²) in [4.78, 5) is 10.8. The van der Waals surface area contributed by atoms with Crippen molar-refractivity contribution in [3.8, 4) is 0 Å². The lowest BCUT2D eigenvalue weighted by atomic mass is 9.83. The lowest BCUT2D eigenvalue weighted by Gasteiger charge is -2.25. The summed E-state index contributed by atoms with van der Waals surface area (Å²) in [7, 11) is 0. The molecule has 1 unspecified atom stereocenters. The first-order valence-electron chi connectivity index (χ1n) is 5.38. The largest absolute Gasteiger partial charge is 0.288 e. The van der Waals surface area contributed by atoms with E-state index in [1.54, 1.807) is 6.92 Å². The van der Waals surface area contributed by atoms with Crippen LogP contribution in [0.4, 0.5) is 0 Å². The molecule has 2 atom stereocenters. The van der Waals surface area contributed by atoms with E-state index in [9.17, 15) is 4.79 Å². The van der Waals surface area contributed by atoms with Crippen LogP contribution in [0.3, 0.4) is 0 Å². The Morgan fingerprint density at radius 2 is 2.43 bits per heavy atom. The van der Waals surface area contributed by atoms with Crippen molar-refractivity contribution in [2.45, 2.75) is 40.0 Å². The number of thioether (sulfide) groups is 1. The van der Waals surface area contributed by atoms with Crippen LogP contribution in [-0.2, 0) is 4.79 Å². The highest BCUT2D eigenvalue weighted by Crippen LogP contribution is 2.30. The molecule has 0 aromatic rings. The second-order valence-electron chi connectivity index (χ2n) is 4.36. The van der Waals surface area contributed by atoms with Gasteiger partial charge in [0.2, 0.25) is 0 Å². The molecule has 0 aromatic heterocycles. The van der Waals surface area contributed by atoms with Crippen molar-refractivity contribution < 1.29 is 4.79 Å². The fourth-order valence-electron chi connectivity index (χ4n) is 1.89. The Bertz CT molecular complexity index is 232. The molecule has 0 spiro atoms. The van der Waals surface area contributed by atoms with Crippen LogP contribution in [0.2, 0.25) is 0 Å². The van der Waals surface area contributed by atoms with Crippen molar-refractivity contribution >= 4 is 16.9 Å². The lowest BCUT2D eigenvalue weighted by molar-refractivity contribution is -0.109. The van der Waals surface area contributed by atoms with Gasteiger partial charge in [-0.1, -0.05) is 30.3 Å². The Kier molecular flexibility index (Phi) is 4.73. The molecule has 1 aliphatic carbocycles. The number of hydrogen-bond acceptors (Lipinski definition) is 2. The Labute approximate surface area is 91.3 Å². The molecule has 1 nitrogen and oxygen atoms in total. The van der Waals surface area contributed by atoms with Gasteiger partial charge < -0.3 is 0 Å². The minimum atomic E-state index is 0.249. The summed E-state index contributed by atoms with van der Waals surface area (Å²) in [6.07, 6.45) is 6.14. The monoisotopic (exact) mass is 212 g/mol. The molecule has 0 saturated heterocycles. The van der Waals surface area contributed by atoms with Gasteiger partial charge in [0.1, 0.15) is 0 Å². The van der Waals surface area contributed by atoms with Crippen molar-refractivity contribution in [2.75, 3.05) is 5.75 Å². The molecule has 0 aliphatic heterocycles. The molecule has 0 aromatic carbocycles. The first kappa shape index (κ1) is 11.8. The van der Waals surface area contributed by atoms with Crippen LogP contribution < -0.4 is 0 Å². The number of hydrogen-bond donors (Lipinski definition) is 0. The molecule has 0 radical (unpaired) electrons. The van der Waals surface area contributed by atoms with Crippen LogP contribution in [0.25, 0.3) is 0 Å². The third-order valence-electron chi connectivity index (χ3n) is 3.03. The number of carbonyl (C=O) groups excluding carboxylic acids is 1. The Morgan fingerprint density at radius 3 is 2.93 bits per heavy atom. The lowest BCUT2D eigenvalue weighted by Crippen LogP contribution is -2.16.